The number of hydrogen-bond donors (Lipinski definition) is 2. The number of hydrogen-bond acceptors (Lipinski definition) is 4. The first-order chi connectivity index (χ1) is 10.6. The van der Waals surface area contributed by atoms with Crippen LogP contribution in [0.5, 0.6) is 0 Å². The SMILES string of the molecule is COC(=O)C1(NC(=O)CCC2CCNCC2)CCC(C)CC1.Cl. The van der Waals surface area contributed by atoms with E-state index in [2.05, 4.69) is 17.6 Å². The molecular weight excluding hydrogens is 316 g/mol. The first kappa shape index (κ1) is 20.2. The second-order valence-corrected chi connectivity index (χ2v) is 7.04. The van der Waals surface area contributed by atoms with Crippen molar-refractivity contribution in [2.45, 2.75) is 63.8 Å². The molecule has 1 saturated heterocycles. The molecule has 23 heavy (non-hydrogen) atoms. The largest absolute Gasteiger partial charge is 0.467 e. The van der Waals surface area contributed by atoms with Crippen LogP contribution in [-0.4, -0.2) is 37.6 Å². The molecule has 0 atom stereocenters. The van der Waals surface area contributed by atoms with E-state index in [1.807, 2.05) is 0 Å². The van der Waals surface area contributed by atoms with Gasteiger partial charge < -0.3 is 15.4 Å². The van der Waals surface area contributed by atoms with Crippen LogP contribution in [-0.2, 0) is 14.3 Å². The number of piperidine rings is 1. The number of nitrogens with one attached hydrogen (secondary N) is 2. The Hall–Kier alpha value is -0.810. The summed E-state index contributed by atoms with van der Waals surface area (Å²) in [6.45, 7) is 4.30. The number of esters is 1. The van der Waals surface area contributed by atoms with Crippen molar-refractivity contribution < 1.29 is 14.3 Å². The van der Waals surface area contributed by atoms with E-state index in [1.54, 1.807) is 0 Å². The number of halogens is 1. The molecular formula is C17H31ClN2O3. The molecule has 0 aromatic carbocycles. The topological polar surface area (TPSA) is 67.4 Å². The van der Waals surface area contributed by atoms with Gasteiger partial charge in [0.25, 0.3) is 0 Å². The van der Waals surface area contributed by atoms with E-state index in [9.17, 15) is 9.59 Å². The van der Waals surface area contributed by atoms with Gasteiger partial charge in [0.15, 0.2) is 0 Å². The Bertz CT molecular complexity index is 389. The zero-order valence-electron chi connectivity index (χ0n) is 14.4. The highest BCUT2D eigenvalue weighted by Gasteiger charge is 2.43. The van der Waals surface area contributed by atoms with Gasteiger partial charge in [0.1, 0.15) is 5.54 Å². The summed E-state index contributed by atoms with van der Waals surface area (Å²) in [5, 5.41) is 6.35. The molecule has 2 N–H and O–H groups in total. The van der Waals surface area contributed by atoms with Crippen molar-refractivity contribution >= 4 is 24.3 Å². The Labute approximate surface area is 145 Å². The molecule has 2 aliphatic rings. The van der Waals surface area contributed by atoms with Crippen LogP contribution < -0.4 is 10.6 Å². The van der Waals surface area contributed by atoms with E-state index in [-0.39, 0.29) is 24.3 Å². The van der Waals surface area contributed by atoms with Crippen molar-refractivity contribution in [3.63, 3.8) is 0 Å². The number of amides is 1. The van der Waals surface area contributed by atoms with Crippen molar-refractivity contribution in [2.75, 3.05) is 20.2 Å². The van der Waals surface area contributed by atoms with Gasteiger partial charge in [-0.2, -0.15) is 0 Å². The highest BCUT2D eigenvalue weighted by molar-refractivity contribution is 5.88. The zero-order chi connectivity index (χ0) is 16.0. The number of carbonyl (C=O) groups excluding carboxylic acids is 2. The minimum atomic E-state index is -0.785. The molecule has 1 amide bonds. The third kappa shape index (κ3) is 5.64. The molecule has 1 aliphatic carbocycles. The quantitative estimate of drug-likeness (QED) is 0.750. The summed E-state index contributed by atoms with van der Waals surface area (Å²) in [5.74, 6) is 0.963. The van der Waals surface area contributed by atoms with Crippen molar-refractivity contribution in [2.24, 2.45) is 11.8 Å². The summed E-state index contributed by atoms with van der Waals surface area (Å²) in [4.78, 5) is 24.5. The molecule has 6 heteroatoms. The summed E-state index contributed by atoms with van der Waals surface area (Å²) in [7, 11) is 1.41. The standard InChI is InChI=1S/C17H30N2O3.ClH/c1-13-5-9-17(10-6-13,16(21)22-2)19-15(20)4-3-14-7-11-18-12-8-14;/h13-14,18H,3-12H2,1-2H3,(H,19,20);1H. The number of methoxy groups -OCH3 is 1. The lowest BCUT2D eigenvalue weighted by molar-refractivity contribution is -0.153. The molecule has 1 saturated carbocycles. The minimum Gasteiger partial charge on any atom is -0.467 e. The van der Waals surface area contributed by atoms with E-state index in [0.717, 1.165) is 45.2 Å². The summed E-state index contributed by atoms with van der Waals surface area (Å²) >= 11 is 0. The third-order valence-electron chi connectivity index (χ3n) is 5.32. The fraction of sp³-hybridized carbons (Fsp3) is 0.882. The maximum absolute atomic E-state index is 12.3. The van der Waals surface area contributed by atoms with E-state index in [4.69, 9.17) is 4.74 Å². The Kier molecular flexibility index (Phi) is 8.34. The van der Waals surface area contributed by atoms with Crippen molar-refractivity contribution in [1.82, 2.24) is 10.6 Å². The molecule has 0 aromatic rings. The highest BCUT2D eigenvalue weighted by Crippen LogP contribution is 2.33. The third-order valence-corrected chi connectivity index (χ3v) is 5.32. The monoisotopic (exact) mass is 346 g/mol. The summed E-state index contributed by atoms with van der Waals surface area (Å²) in [6, 6.07) is 0. The first-order valence-corrected chi connectivity index (χ1v) is 8.66. The molecule has 0 bridgehead atoms. The normalized spacial score (nSPS) is 28.5. The van der Waals surface area contributed by atoms with Crippen molar-refractivity contribution in [3.8, 4) is 0 Å². The Balaban J connectivity index is 0.00000264. The van der Waals surface area contributed by atoms with Crippen LogP contribution in [0.25, 0.3) is 0 Å². The smallest absolute Gasteiger partial charge is 0.331 e. The lowest BCUT2D eigenvalue weighted by Gasteiger charge is -2.37. The van der Waals surface area contributed by atoms with Crippen LogP contribution in [0.1, 0.15) is 58.3 Å². The van der Waals surface area contributed by atoms with Crippen molar-refractivity contribution in [3.05, 3.63) is 0 Å². The minimum absolute atomic E-state index is 0. The molecule has 1 heterocycles. The fourth-order valence-corrected chi connectivity index (χ4v) is 3.67. The van der Waals surface area contributed by atoms with Crippen LogP contribution in [0.2, 0.25) is 0 Å². The lowest BCUT2D eigenvalue weighted by atomic mass is 9.77. The zero-order valence-corrected chi connectivity index (χ0v) is 15.2. The molecule has 2 fully saturated rings. The van der Waals surface area contributed by atoms with Gasteiger partial charge in [0.2, 0.25) is 5.91 Å². The predicted octanol–water partition coefficient (Wildman–Crippen LogP) is 2.43. The van der Waals surface area contributed by atoms with Crippen LogP contribution in [0.15, 0.2) is 0 Å². The molecule has 0 spiro atoms. The molecule has 1 aliphatic heterocycles. The van der Waals surface area contributed by atoms with Crippen LogP contribution in [0.4, 0.5) is 0 Å². The second kappa shape index (κ2) is 9.48. The number of rotatable bonds is 5. The number of carbonyl (C=O) groups is 2. The summed E-state index contributed by atoms with van der Waals surface area (Å²) < 4.78 is 4.96. The average molecular weight is 347 g/mol. The fourth-order valence-electron chi connectivity index (χ4n) is 3.67. The predicted molar refractivity (Wildman–Crippen MR) is 92.6 cm³/mol. The van der Waals surface area contributed by atoms with Crippen LogP contribution in [0.3, 0.4) is 0 Å². The lowest BCUT2D eigenvalue weighted by Crippen LogP contribution is -2.56. The van der Waals surface area contributed by atoms with E-state index < -0.39 is 5.54 Å². The molecule has 134 valence electrons. The Morgan fingerprint density at radius 2 is 1.78 bits per heavy atom. The molecule has 5 nitrogen and oxygen atoms in total. The maximum Gasteiger partial charge on any atom is 0.331 e. The van der Waals surface area contributed by atoms with E-state index >= 15 is 0 Å². The molecule has 0 unspecified atom stereocenters. The Morgan fingerprint density at radius 3 is 2.35 bits per heavy atom. The van der Waals surface area contributed by atoms with Gasteiger partial charge in [0.05, 0.1) is 7.11 Å². The van der Waals surface area contributed by atoms with Gasteiger partial charge in [0, 0.05) is 6.42 Å². The average Bonchev–Trinajstić information content (AvgIpc) is 2.55. The first-order valence-electron chi connectivity index (χ1n) is 8.66. The van der Waals surface area contributed by atoms with Gasteiger partial charge in [-0.3, -0.25) is 4.79 Å². The second-order valence-electron chi connectivity index (χ2n) is 7.04. The van der Waals surface area contributed by atoms with Gasteiger partial charge in [-0.05, 0) is 69.9 Å². The van der Waals surface area contributed by atoms with Gasteiger partial charge in [-0.15, -0.1) is 12.4 Å². The van der Waals surface area contributed by atoms with Crippen LogP contribution >= 0.6 is 12.4 Å². The maximum atomic E-state index is 12.3. The molecule has 0 aromatic heterocycles. The summed E-state index contributed by atoms with van der Waals surface area (Å²) in [6.07, 6.45) is 7.03. The summed E-state index contributed by atoms with van der Waals surface area (Å²) in [5.41, 5.74) is -0.785. The molecule has 2 rings (SSSR count). The number of ether oxygens (including phenoxy) is 1. The highest BCUT2D eigenvalue weighted by atomic mass is 35.5. The van der Waals surface area contributed by atoms with Gasteiger partial charge in [-0.25, -0.2) is 4.79 Å². The van der Waals surface area contributed by atoms with Gasteiger partial charge >= 0.3 is 5.97 Å². The van der Waals surface area contributed by atoms with Crippen LogP contribution in [0, 0.1) is 11.8 Å². The van der Waals surface area contributed by atoms with E-state index in [0.29, 0.717) is 31.1 Å². The molecule has 0 radical (unpaired) electrons. The Morgan fingerprint density at radius 1 is 1.17 bits per heavy atom. The van der Waals surface area contributed by atoms with Crippen molar-refractivity contribution in [1.29, 1.82) is 0 Å². The van der Waals surface area contributed by atoms with E-state index in [1.165, 1.54) is 7.11 Å². The van der Waals surface area contributed by atoms with Gasteiger partial charge in [-0.1, -0.05) is 6.92 Å².